The molecular formula is C23H20N2O4. The summed E-state index contributed by atoms with van der Waals surface area (Å²) in [6.45, 7) is 0.211. The first-order valence-corrected chi connectivity index (χ1v) is 9.41. The molecule has 4 rings (SSSR count). The van der Waals surface area contributed by atoms with Gasteiger partial charge in [0.25, 0.3) is 11.8 Å². The number of methoxy groups -OCH3 is 1. The molecule has 0 fully saturated rings. The number of anilines is 1. The van der Waals surface area contributed by atoms with Crippen molar-refractivity contribution in [2.75, 3.05) is 19.0 Å². The predicted molar refractivity (Wildman–Crippen MR) is 110 cm³/mol. The van der Waals surface area contributed by atoms with Gasteiger partial charge in [0.05, 0.1) is 18.2 Å². The molecule has 3 aromatic carbocycles. The number of imide groups is 1. The number of carbonyl (C=O) groups is 3. The number of ether oxygens (including phenoxy) is 1. The Kier molecular flexibility index (Phi) is 4.99. The number of hydrogen-bond acceptors (Lipinski definition) is 4. The Balaban J connectivity index is 1.39. The molecule has 3 amide bonds. The second kappa shape index (κ2) is 7.75. The average Bonchev–Trinajstić information content (AvgIpc) is 2.99. The summed E-state index contributed by atoms with van der Waals surface area (Å²) >= 11 is 0. The molecule has 0 saturated heterocycles. The third-order valence-corrected chi connectivity index (χ3v) is 5.04. The normalized spacial score (nSPS) is 12.9. The van der Waals surface area contributed by atoms with Crippen LogP contribution in [0.5, 0.6) is 5.75 Å². The highest BCUT2D eigenvalue weighted by Crippen LogP contribution is 2.31. The van der Waals surface area contributed by atoms with Gasteiger partial charge in [-0.05, 0) is 30.7 Å². The van der Waals surface area contributed by atoms with Gasteiger partial charge in [-0.3, -0.25) is 19.3 Å². The molecule has 0 aromatic heterocycles. The smallest absolute Gasteiger partial charge is 0.261 e. The van der Waals surface area contributed by atoms with Crippen molar-refractivity contribution in [3.63, 3.8) is 0 Å². The molecule has 0 unspecified atom stereocenters. The van der Waals surface area contributed by atoms with E-state index in [9.17, 15) is 14.4 Å². The highest BCUT2D eigenvalue weighted by atomic mass is 16.5. The number of nitrogens with one attached hydrogen (secondary N) is 1. The molecule has 0 saturated carbocycles. The minimum Gasteiger partial charge on any atom is -0.496 e. The van der Waals surface area contributed by atoms with Crippen LogP contribution in [0.25, 0.3) is 10.8 Å². The maximum Gasteiger partial charge on any atom is 0.261 e. The number of amides is 3. The number of rotatable bonds is 6. The van der Waals surface area contributed by atoms with Crippen molar-refractivity contribution in [3.8, 4) is 5.75 Å². The first-order chi connectivity index (χ1) is 14.1. The number of hydrogen-bond donors (Lipinski definition) is 1. The highest BCUT2D eigenvalue weighted by Gasteiger charge is 2.34. The van der Waals surface area contributed by atoms with Crippen molar-refractivity contribution >= 4 is 34.2 Å². The first kappa shape index (κ1) is 18.7. The van der Waals surface area contributed by atoms with Gasteiger partial charge in [0.1, 0.15) is 5.75 Å². The quantitative estimate of drug-likeness (QED) is 0.651. The van der Waals surface area contributed by atoms with Crippen LogP contribution in [-0.4, -0.2) is 36.3 Å². The summed E-state index contributed by atoms with van der Waals surface area (Å²) in [5, 5.41) is 4.72. The van der Waals surface area contributed by atoms with Crippen molar-refractivity contribution in [2.24, 2.45) is 0 Å². The minimum atomic E-state index is -0.299. The summed E-state index contributed by atoms with van der Waals surface area (Å²) in [5.41, 5.74) is 1.55. The molecule has 0 atom stereocenters. The summed E-state index contributed by atoms with van der Waals surface area (Å²) in [6.07, 6.45) is 0.596. The molecule has 29 heavy (non-hydrogen) atoms. The fourth-order valence-corrected chi connectivity index (χ4v) is 3.61. The Labute approximate surface area is 168 Å². The lowest BCUT2D eigenvalue weighted by atomic mass is 10.1. The van der Waals surface area contributed by atoms with Gasteiger partial charge in [-0.15, -0.1) is 0 Å². The number of carbonyl (C=O) groups excluding carboxylic acids is 3. The molecule has 6 nitrogen and oxygen atoms in total. The number of nitrogens with zero attached hydrogens (tertiary/aromatic N) is 1. The molecule has 1 aliphatic rings. The average molecular weight is 388 g/mol. The lowest BCUT2D eigenvalue weighted by Crippen LogP contribution is -2.31. The van der Waals surface area contributed by atoms with Crippen LogP contribution in [0.1, 0.15) is 33.6 Å². The fourth-order valence-electron chi connectivity index (χ4n) is 3.61. The van der Waals surface area contributed by atoms with E-state index in [0.29, 0.717) is 23.2 Å². The van der Waals surface area contributed by atoms with Crippen LogP contribution in [0.2, 0.25) is 0 Å². The van der Waals surface area contributed by atoms with E-state index >= 15 is 0 Å². The highest BCUT2D eigenvalue weighted by molar-refractivity contribution is 6.21. The van der Waals surface area contributed by atoms with Gasteiger partial charge in [-0.2, -0.15) is 0 Å². The first-order valence-electron chi connectivity index (χ1n) is 9.41. The monoisotopic (exact) mass is 388 g/mol. The van der Waals surface area contributed by atoms with Gasteiger partial charge in [-0.1, -0.05) is 36.4 Å². The summed E-state index contributed by atoms with van der Waals surface area (Å²) in [7, 11) is 1.61. The molecular weight excluding hydrogens is 368 g/mol. The SMILES string of the molecule is COc1ccc(NC(=O)CCCN2C(=O)c3ccccc3C2=O)c2ccccc12. The number of benzene rings is 3. The van der Waals surface area contributed by atoms with E-state index in [1.54, 1.807) is 31.4 Å². The minimum absolute atomic E-state index is 0.170. The van der Waals surface area contributed by atoms with Crippen molar-refractivity contribution in [1.82, 2.24) is 4.90 Å². The van der Waals surface area contributed by atoms with Crippen LogP contribution < -0.4 is 10.1 Å². The maximum absolute atomic E-state index is 12.4. The molecule has 3 aromatic rings. The van der Waals surface area contributed by atoms with Crippen LogP contribution in [0, 0.1) is 0 Å². The van der Waals surface area contributed by atoms with Crippen molar-refractivity contribution in [1.29, 1.82) is 0 Å². The van der Waals surface area contributed by atoms with Crippen LogP contribution in [-0.2, 0) is 4.79 Å². The van der Waals surface area contributed by atoms with E-state index in [4.69, 9.17) is 4.74 Å². The zero-order valence-corrected chi connectivity index (χ0v) is 16.0. The zero-order chi connectivity index (χ0) is 20.4. The Bertz CT molecular complexity index is 1090. The summed E-state index contributed by atoms with van der Waals surface area (Å²) in [6, 6.07) is 18.1. The lowest BCUT2D eigenvalue weighted by Gasteiger charge is -2.14. The van der Waals surface area contributed by atoms with Gasteiger partial charge in [-0.25, -0.2) is 0 Å². The number of fused-ring (bicyclic) bond motifs is 2. The summed E-state index contributed by atoms with van der Waals surface area (Å²) in [5.74, 6) is -0.0273. The van der Waals surface area contributed by atoms with E-state index in [0.717, 1.165) is 16.5 Å². The van der Waals surface area contributed by atoms with Crippen molar-refractivity contribution in [2.45, 2.75) is 12.8 Å². The van der Waals surface area contributed by atoms with E-state index in [2.05, 4.69) is 5.32 Å². The topological polar surface area (TPSA) is 75.7 Å². The molecule has 0 aliphatic carbocycles. The van der Waals surface area contributed by atoms with Crippen LogP contribution >= 0.6 is 0 Å². The van der Waals surface area contributed by atoms with E-state index in [-0.39, 0.29) is 30.7 Å². The fraction of sp³-hybridized carbons (Fsp3) is 0.174. The van der Waals surface area contributed by atoms with Crippen molar-refractivity contribution < 1.29 is 19.1 Å². The summed E-state index contributed by atoms with van der Waals surface area (Å²) < 4.78 is 5.37. The molecule has 0 bridgehead atoms. The van der Waals surface area contributed by atoms with Crippen LogP contribution in [0.4, 0.5) is 5.69 Å². The van der Waals surface area contributed by atoms with E-state index in [1.807, 2.05) is 36.4 Å². The van der Waals surface area contributed by atoms with E-state index < -0.39 is 0 Å². The molecule has 6 heteroatoms. The summed E-state index contributed by atoms with van der Waals surface area (Å²) in [4.78, 5) is 38.4. The van der Waals surface area contributed by atoms with Crippen LogP contribution in [0.15, 0.2) is 60.7 Å². The van der Waals surface area contributed by atoms with Gasteiger partial charge < -0.3 is 10.1 Å². The standard InChI is InChI=1S/C23H20N2O4/c1-29-20-13-12-19(15-7-2-3-8-16(15)20)24-21(26)11-6-14-25-22(27)17-9-4-5-10-18(17)23(25)28/h2-5,7-10,12-13H,6,11,14H2,1H3,(H,24,26). The zero-order valence-electron chi connectivity index (χ0n) is 16.0. The molecule has 1 N–H and O–H groups in total. The Morgan fingerprint density at radius 2 is 1.52 bits per heavy atom. The molecule has 146 valence electrons. The van der Waals surface area contributed by atoms with Gasteiger partial charge in [0.15, 0.2) is 0 Å². The van der Waals surface area contributed by atoms with Crippen LogP contribution in [0.3, 0.4) is 0 Å². The molecule has 0 radical (unpaired) electrons. The van der Waals surface area contributed by atoms with Crippen molar-refractivity contribution in [3.05, 3.63) is 71.8 Å². The third-order valence-electron chi connectivity index (χ3n) is 5.04. The maximum atomic E-state index is 12.4. The molecule has 0 spiro atoms. The predicted octanol–water partition coefficient (Wildman–Crippen LogP) is 3.86. The lowest BCUT2D eigenvalue weighted by molar-refractivity contribution is -0.116. The largest absolute Gasteiger partial charge is 0.496 e. The molecule has 1 heterocycles. The Morgan fingerprint density at radius 1 is 0.897 bits per heavy atom. The third kappa shape index (κ3) is 3.45. The Morgan fingerprint density at radius 3 is 2.17 bits per heavy atom. The second-order valence-corrected chi connectivity index (χ2v) is 6.82. The van der Waals surface area contributed by atoms with Gasteiger partial charge in [0.2, 0.25) is 5.91 Å². The Hall–Kier alpha value is -3.67. The van der Waals surface area contributed by atoms with Gasteiger partial charge >= 0.3 is 0 Å². The second-order valence-electron chi connectivity index (χ2n) is 6.82. The molecule has 1 aliphatic heterocycles. The van der Waals surface area contributed by atoms with Gasteiger partial charge in [0, 0.05) is 29.4 Å². The van der Waals surface area contributed by atoms with E-state index in [1.165, 1.54) is 4.90 Å².